The minimum absolute atomic E-state index is 0.0243. The number of nitrogens with zero attached hydrogens (tertiary/aromatic N) is 4. The van der Waals surface area contributed by atoms with Gasteiger partial charge in [0, 0.05) is 43.0 Å². The molecule has 3 aromatic carbocycles. The molecule has 2 amide bonds. The van der Waals surface area contributed by atoms with E-state index < -0.39 is 0 Å². The van der Waals surface area contributed by atoms with Crippen LogP contribution in [0.5, 0.6) is 17.2 Å². The van der Waals surface area contributed by atoms with Gasteiger partial charge in [-0.25, -0.2) is 4.99 Å². The van der Waals surface area contributed by atoms with Crippen molar-refractivity contribution >= 4 is 52.0 Å². The zero-order valence-electron chi connectivity index (χ0n) is 25.1. The van der Waals surface area contributed by atoms with Crippen LogP contribution in [0.1, 0.15) is 22.8 Å². The number of aliphatic imine (C=N–C) groups is 1. The van der Waals surface area contributed by atoms with Crippen LogP contribution < -0.4 is 24.0 Å². The van der Waals surface area contributed by atoms with Gasteiger partial charge >= 0.3 is 0 Å². The standard InChI is InChI=1S/C33H34N4O6S/c1-22(38)23-10-13-25(14-11-23)35-16-18-36(19-17-35)29(39)21-44-33-34-27(32(40)37(33)26-8-6-5-7-9-26)20-24-12-15-28(41-2)31(43-4)30(24)42-3/h5-15,20H,16-19,21H2,1-4H3/b27-20+. The first-order chi connectivity index (χ1) is 21.3. The van der Waals surface area contributed by atoms with Crippen molar-refractivity contribution in [3.8, 4) is 17.2 Å². The quantitative estimate of drug-likeness (QED) is 0.252. The van der Waals surface area contributed by atoms with Crippen LogP contribution >= 0.6 is 11.8 Å². The molecule has 0 atom stereocenters. The summed E-state index contributed by atoms with van der Waals surface area (Å²) in [5, 5.41) is 0.421. The number of amides is 2. The van der Waals surface area contributed by atoms with Crippen LogP contribution in [-0.4, -0.2) is 80.9 Å². The Hall–Kier alpha value is -4.77. The number of carbonyl (C=O) groups is 3. The SMILES string of the molecule is COc1ccc(/C=C2/N=C(SCC(=O)N3CCN(c4ccc(C(C)=O)cc4)CC3)N(c3ccccc3)C2=O)c(OC)c1OC. The average Bonchev–Trinajstić information content (AvgIpc) is 3.37. The van der Waals surface area contributed by atoms with Crippen molar-refractivity contribution in [3.05, 3.63) is 83.6 Å². The van der Waals surface area contributed by atoms with E-state index in [-0.39, 0.29) is 29.0 Å². The van der Waals surface area contributed by atoms with Crippen LogP contribution in [0.25, 0.3) is 6.08 Å². The van der Waals surface area contributed by atoms with Crippen molar-refractivity contribution in [1.82, 2.24) is 4.90 Å². The molecule has 0 bridgehead atoms. The molecule has 0 radical (unpaired) electrons. The number of para-hydroxylation sites is 1. The summed E-state index contributed by atoms with van der Waals surface area (Å²) >= 11 is 1.23. The molecule has 1 saturated heterocycles. The van der Waals surface area contributed by atoms with E-state index in [2.05, 4.69) is 9.89 Å². The molecule has 0 N–H and O–H groups in total. The number of piperazine rings is 1. The van der Waals surface area contributed by atoms with E-state index in [0.29, 0.717) is 65.4 Å². The Morgan fingerprint density at radius 3 is 2.14 bits per heavy atom. The summed E-state index contributed by atoms with van der Waals surface area (Å²) in [7, 11) is 4.58. The van der Waals surface area contributed by atoms with Gasteiger partial charge in [0.15, 0.2) is 22.4 Å². The highest BCUT2D eigenvalue weighted by atomic mass is 32.2. The number of rotatable bonds is 9. The smallest absolute Gasteiger partial charge is 0.283 e. The third kappa shape index (κ3) is 6.42. The number of thioether (sulfide) groups is 1. The lowest BCUT2D eigenvalue weighted by atomic mass is 10.1. The Bertz CT molecular complexity index is 1600. The van der Waals surface area contributed by atoms with Gasteiger partial charge in [-0.3, -0.25) is 19.3 Å². The second kappa shape index (κ2) is 13.7. The van der Waals surface area contributed by atoms with Crippen LogP contribution in [0, 0.1) is 0 Å². The largest absolute Gasteiger partial charge is 0.493 e. The second-order valence-corrected chi connectivity index (χ2v) is 11.0. The number of carbonyl (C=O) groups excluding carboxylic acids is 3. The number of benzene rings is 3. The monoisotopic (exact) mass is 614 g/mol. The van der Waals surface area contributed by atoms with Crippen LogP contribution in [0.4, 0.5) is 11.4 Å². The number of hydrogen-bond donors (Lipinski definition) is 0. The van der Waals surface area contributed by atoms with Gasteiger partial charge in [-0.1, -0.05) is 30.0 Å². The van der Waals surface area contributed by atoms with Crippen molar-refractivity contribution in [2.24, 2.45) is 4.99 Å². The maximum absolute atomic E-state index is 13.7. The first kappa shape index (κ1) is 30.7. The lowest BCUT2D eigenvalue weighted by molar-refractivity contribution is -0.128. The molecule has 0 spiro atoms. The summed E-state index contributed by atoms with van der Waals surface area (Å²) in [5.74, 6) is 1.16. The topological polar surface area (TPSA) is 101 Å². The highest BCUT2D eigenvalue weighted by molar-refractivity contribution is 8.14. The first-order valence-corrected chi connectivity index (χ1v) is 15.1. The predicted octanol–water partition coefficient (Wildman–Crippen LogP) is 4.74. The van der Waals surface area contributed by atoms with E-state index in [0.717, 1.165) is 5.69 Å². The van der Waals surface area contributed by atoms with Gasteiger partial charge < -0.3 is 24.0 Å². The molecule has 1 fully saturated rings. The second-order valence-electron chi connectivity index (χ2n) is 10.1. The molecule has 228 valence electrons. The predicted molar refractivity (Wildman–Crippen MR) is 173 cm³/mol. The van der Waals surface area contributed by atoms with Crippen molar-refractivity contribution in [2.75, 3.05) is 63.1 Å². The summed E-state index contributed by atoms with van der Waals surface area (Å²) in [6.45, 7) is 4.07. The molecule has 2 heterocycles. The molecule has 2 aliphatic rings. The Labute approximate surface area is 260 Å². The van der Waals surface area contributed by atoms with E-state index >= 15 is 0 Å². The lowest BCUT2D eigenvalue weighted by Gasteiger charge is -2.36. The van der Waals surface area contributed by atoms with Gasteiger partial charge in [-0.05, 0) is 61.5 Å². The Morgan fingerprint density at radius 1 is 0.841 bits per heavy atom. The zero-order valence-corrected chi connectivity index (χ0v) is 25.9. The van der Waals surface area contributed by atoms with Gasteiger partial charge in [0.05, 0.1) is 32.8 Å². The molecule has 3 aromatic rings. The zero-order chi connectivity index (χ0) is 31.2. The third-order valence-electron chi connectivity index (χ3n) is 7.47. The number of methoxy groups -OCH3 is 3. The maximum Gasteiger partial charge on any atom is 0.283 e. The molecule has 2 aliphatic heterocycles. The molecule has 11 heteroatoms. The van der Waals surface area contributed by atoms with Crippen LogP contribution in [-0.2, 0) is 9.59 Å². The Morgan fingerprint density at radius 2 is 1.52 bits per heavy atom. The highest BCUT2D eigenvalue weighted by Gasteiger charge is 2.33. The summed E-state index contributed by atoms with van der Waals surface area (Å²) in [6, 6.07) is 20.3. The summed E-state index contributed by atoms with van der Waals surface area (Å²) < 4.78 is 16.5. The van der Waals surface area contributed by atoms with Crippen LogP contribution in [0.15, 0.2) is 77.4 Å². The van der Waals surface area contributed by atoms with E-state index in [1.54, 1.807) is 25.1 Å². The third-order valence-corrected chi connectivity index (χ3v) is 8.39. The minimum Gasteiger partial charge on any atom is -0.493 e. The Balaban J connectivity index is 1.31. The fraction of sp³-hybridized carbons (Fsp3) is 0.273. The fourth-order valence-corrected chi connectivity index (χ4v) is 6.04. The minimum atomic E-state index is -0.313. The van der Waals surface area contributed by atoms with Gasteiger partial charge in [0.2, 0.25) is 11.7 Å². The highest BCUT2D eigenvalue weighted by Crippen LogP contribution is 2.41. The van der Waals surface area contributed by atoms with Gasteiger partial charge in [0.1, 0.15) is 5.70 Å². The summed E-state index contributed by atoms with van der Waals surface area (Å²) in [5.41, 5.74) is 3.17. The van der Waals surface area contributed by atoms with E-state index in [9.17, 15) is 14.4 Å². The van der Waals surface area contributed by atoms with E-state index in [1.807, 2.05) is 59.5 Å². The molecule has 5 rings (SSSR count). The molecule has 0 saturated carbocycles. The van der Waals surface area contributed by atoms with Crippen molar-refractivity contribution in [2.45, 2.75) is 6.92 Å². The number of amidine groups is 1. The molecule has 10 nitrogen and oxygen atoms in total. The summed E-state index contributed by atoms with van der Waals surface area (Å²) in [4.78, 5) is 48.8. The summed E-state index contributed by atoms with van der Waals surface area (Å²) in [6.07, 6.45) is 1.65. The Kier molecular flexibility index (Phi) is 9.54. The van der Waals surface area contributed by atoms with E-state index in [1.165, 1.54) is 38.0 Å². The van der Waals surface area contributed by atoms with Crippen LogP contribution in [0.3, 0.4) is 0 Å². The lowest BCUT2D eigenvalue weighted by Crippen LogP contribution is -2.49. The average molecular weight is 615 g/mol. The van der Waals surface area contributed by atoms with Gasteiger partial charge in [-0.2, -0.15) is 0 Å². The molecular weight excluding hydrogens is 580 g/mol. The molecule has 0 unspecified atom stereocenters. The molecule has 0 aromatic heterocycles. The van der Waals surface area contributed by atoms with Gasteiger partial charge in [-0.15, -0.1) is 0 Å². The van der Waals surface area contributed by atoms with Gasteiger partial charge in [0.25, 0.3) is 5.91 Å². The van der Waals surface area contributed by atoms with Crippen molar-refractivity contribution in [3.63, 3.8) is 0 Å². The number of ketones is 1. The van der Waals surface area contributed by atoms with Crippen LogP contribution in [0.2, 0.25) is 0 Å². The van der Waals surface area contributed by atoms with E-state index in [4.69, 9.17) is 14.2 Å². The number of hydrogen-bond acceptors (Lipinski definition) is 9. The van der Waals surface area contributed by atoms with Crippen molar-refractivity contribution in [1.29, 1.82) is 0 Å². The molecule has 44 heavy (non-hydrogen) atoms. The number of ether oxygens (including phenoxy) is 3. The maximum atomic E-state index is 13.7. The molecular formula is C33H34N4O6S. The normalized spacial score (nSPS) is 15.8. The first-order valence-electron chi connectivity index (χ1n) is 14.1. The molecule has 0 aliphatic carbocycles. The van der Waals surface area contributed by atoms with Crippen molar-refractivity contribution < 1.29 is 28.6 Å². The number of anilines is 2. The fourth-order valence-electron chi connectivity index (χ4n) is 5.12. The number of Topliss-reactive ketones (excluding diaryl/α,β-unsaturated/α-hetero) is 1.